The number of aromatic hydroxyl groups is 2. The highest BCUT2D eigenvalue weighted by Gasteiger charge is 2.40. The van der Waals surface area contributed by atoms with Gasteiger partial charge in [-0.2, -0.15) is 0 Å². The summed E-state index contributed by atoms with van der Waals surface area (Å²) in [6.45, 7) is -0.543. The maximum Gasteiger partial charge on any atom is 0.201 e. The van der Waals surface area contributed by atoms with E-state index in [1.807, 2.05) is 12.1 Å². The summed E-state index contributed by atoms with van der Waals surface area (Å²) in [4.78, 5) is 25.7. The first-order chi connectivity index (χ1) is 15.0. The number of fused-ring (bicyclic) bond motifs is 3. The predicted octanol–water partition coefficient (Wildman–Crippen LogP) is 3.30. The number of Topliss-reactive ketones (excluding diaryl/α,β-unsaturated/α-hetero) is 1. The molecule has 2 aromatic carbocycles. The molecule has 5 rings (SSSR count). The van der Waals surface area contributed by atoms with Crippen LogP contribution in [0.5, 0.6) is 17.2 Å². The van der Waals surface area contributed by atoms with E-state index in [4.69, 9.17) is 4.74 Å². The van der Waals surface area contributed by atoms with Gasteiger partial charge >= 0.3 is 0 Å². The summed E-state index contributed by atoms with van der Waals surface area (Å²) in [6, 6.07) is 5.40. The highest BCUT2D eigenvalue weighted by atomic mass is 16.5. The summed E-state index contributed by atoms with van der Waals surface area (Å²) in [7, 11) is 1.51. The van der Waals surface area contributed by atoms with Gasteiger partial charge in [-0.05, 0) is 55.7 Å². The molecule has 0 spiro atoms. The number of ether oxygens (including phenoxy) is 1. The second-order valence-corrected chi connectivity index (χ2v) is 8.51. The lowest BCUT2D eigenvalue weighted by atomic mass is 9.71. The molecular formula is C25H24O6. The third kappa shape index (κ3) is 2.74. The number of hydrogen-bond acceptors (Lipinski definition) is 6. The van der Waals surface area contributed by atoms with Crippen LogP contribution in [-0.2, 0) is 17.6 Å². The van der Waals surface area contributed by atoms with Gasteiger partial charge in [0.2, 0.25) is 5.78 Å². The minimum atomic E-state index is -0.543. The van der Waals surface area contributed by atoms with Gasteiger partial charge in [-0.15, -0.1) is 0 Å². The number of rotatable bonds is 3. The molecule has 3 N–H and O–H groups in total. The Morgan fingerprint density at radius 1 is 1.06 bits per heavy atom. The summed E-state index contributed by atoms with van der Waals surface area (Å²) < 4.78 is 5.46. The Morgan fingerprint density at radius 3 is 2.45 bits per heavy atom. The van der Waals surface area contributed by atoms with Gasteiger partial charge in [0.15, 0.2) is 5.78 Å². The second kappa shape index (κ2) is 7.24. The van der Waals surface area contributed by atoms with Crippen LogP contribution in [0.1, 0.15) is 63.9 Å². The van der Waals surface area contributed by atoms with Gasteiger partial charge < -0.3 is 20.1 Å². The van der Waals surface area contributed by atoms with Crippen LogP contribution in [0.3, 0.4) is 0 Å². The maximum absolute atomic E-state index is 13.6. The Hall–Kier alpha value is -3.12. The van der Waals surface area contributed by atoms with Crippen molar-refractivity contribution in [3.05, 3.63) is 57.2 Å². The van der Waals surface area contributed by atoms with Gasteiger partial charge in [-0.3, -0.25) is 9.59 Å². The van der Waals surface area contributed by atoms with E-state index in [0.717, 1.165) is 30.4 Å². The number of ketones is 2. The second-order valence-electron chi connectivity index (χ2n) is 8.51. The van der Waals surface area contributed by atoms with Crippen molar-refractivity contribution in [1.82, 2.24) is 0 Å². The average molecular weight is 420 g/mol. The molecule has 160 valence electrons. The number of phenolic OH excluding ortho intramolecular Hbond substituents is 2. The Morgan fingerprint density at radius 2 is 1.81 bits per heavy atom. The van der Waals surface area contributed by atoms with E-state index < -0.39 is 12.5 Å². The molecule has 0 amide bonds. The van der Waals surface area contributed by atoms with Crippen molar-refractivity contribution in [3.63, 3.8) is 0 Å². The Labute approximate surface area is 179 Å². The standard InChI is InChI=1S/C25H24O6/c1-31-18-7-3-6-15-19(12-4-2-5-12)21-22(25(30)20(15)18)23(28)14-9-8-13(17(27)11-26)10-16(14)24(21)29/h3,6-7,13,26,28-29H,2,4-5,8-11H2,1H3/t13-/m0/s1. The largest absolute Gasteiger partial charge is 0.507 e. The summed E-state index contributed by atoms with van der Waals surface area (Å²) in [6.07, 6.45) is 3.82. The Balaban J connectivity index is 1.80. The molecule has 0 aliphatic heterocycles. The number of phenols is 2. The normalized spacial score (nSPS) is 19.3. The molecule has 31 heavy (non-hydrogen) atoms. The molecule has 6 heteroatoms. The molecule has 3 aliphatic rings. The van der Waals surface area contributed by atoms with E-state index in [1.54, 1.807) is 6.07 Å². The summed E-state index contributed by atoms with van der Waals surface area (Å²) in [5.41, 5.74) is 4.56. The van der Waals surface area contributed by atoms with Crippen molar-refractivity contribution < 1.29 is 29.6 Å². The lowest BCUT2D eigenvalue weighted by Crippen LogP contribution is -2.27. The quantitative estimate of drug-likeness (QED) is 0.562. The van der Waals surface area contributed by atoms with Gasteiger partial charge in [0, 0.05) is 22.6 Å². The highest BCUT2D eigenvalue weighted by molar-refractivity contribution is 6.22. The molecule has 0 aromatic heterocycles. The summed E-state index contributed by atoms with van der Waals surface area (Å²) >= 11 is 0. The van der Waals surface area contributed by atoms with Crippen LogP contribution in [0.4, 0.5) is 0 Å². The summed E-state index contributed by atoms with van der Waals surface area (Å²) in [5, 5.41) is 31.9. The van der Waals surface area contributed by atoms with E-state index in [0.29, 0.717) is 46.4 Å². The summed E-state index contributed by atoms with van der Waals surface area (Å²) in [5.74, 6) is -0.754. The number of aliphatic hydroxyl groups is 1. The van der Waals surface area contributed by atoms with Crippen LogP contribution >= 0.6 is 0 Å². The van der Waals surface area contributed by atoms with Gasteiger partial charge in [-0.25, -0.2) is 0 Å². The van der Waals surface area contributed by atoms with Crippen LogP contribution in [0.15, 0.2) is 23.8 Å². The number of benzene rings is 2. The molecule has 0 saturated heterocycles. The topological polar surface area (TPSA) is 104 Å². The molecule has 1 atom stereocenters. The fraction of sp³-hybridized carbons (Fsp3) is 0.360. The lowest BCUT2D eigenvalue weighted by molar-refractivity contribution is -0.125. The Bertz CT molecular complexity index is 1170. The number of carbonyl (C=O) groups excluding carboxylic acids is 2. The zero-order valence-electron chi connectivity index (χ0n) is 17.3. The first-order valence-corrected chi connectivity index (χ1v) is 10.7. The molecule has 2 aromatic rings. The van der Waals surface area contributed by atoms with Crippen LogP contribution in [0.2, 0.25) is 0 Å². The highest BCUT2D eigenvalue weighted by Crippen LogP contribution is 2.53. The first-order valence-electron chi connectivity index (χ1n) is 10.7. The van der Waals surface area contributed by atoms with Crippen molar-refractivity contribution in [2.24, 2.45) is 5.92 Å². The number of methoxy groups -OCH3 is 1. The zero-order chi connectivity index (χ0) is 21.9. The van der Waals surface area contributed by atoms with Gasteiger partial charge in [0.25, 0.3) is 0 Å². The molecule has 0 bridgehead atoms. The van der Waals surface area contributed by atoms with Crippen LogP contribution in [-0.4, -0.2) is 40.6 Å². The number of aliphatic hydroxyl groups excluding tert-OH is 1. The lowest BCUT2D eigenvalue weighted by Gasteiger charge is -2.33. The third-order valence-electron chi connectivity index (χ3n) is 6.99. The fourth-order valence-corrected chi connectivity index (χ4v) is 5.22. The van der Waals surface area contributed by atoms with E-state index in [9.17, 15) is 24.9 Å². The molecule has 1 saturated carbocycles. The van der Waals surface area contributed by atoms with Crippen molar-refractivity contribution in [2.75, 3.05) is 13.7 Å². The monoisotopic (exact) mass is 420 g/mol. The number of carbonyl (C=O) groups is 2. The molecule has 0 heterocycles. The molecule has 0 radical (unpaired) electrons. The molecular weight excluding hydrogens is 396 g/mol. The molecule has 0 unspecified atom stereocenters. The van der Waals surface area contributed by atoms with Crippen molar-refractivity contribution in [3.8, 4) is 17.2 Å². The molecule has 6 nitrogen and oxygen atoms in total. The van der Waals surface area contributed by atoms with Gasteiger partial charge in [-0.1, -0.05) is 17.7 Å². The number of hydrogen-bond donors (Lipinski definition) is 3. The van der Waals surface area contributed by atoms with Gasteiger partial charge in [0.05, 0.1) is 18.2 Å². The SMILES string of the molecule is COc1cccc2c1C(=O)c1c(O)c3c(c(O)c1C2=C1CCC1)C[C@@H](C(=O)CO)CC3. The van der Waals surface area contributed by atoms with Crippen molar-refractivity contribution >= 4 is 17.1 Å². The van der Waals surface area contributed by atoms with Gasteiger partial charge in [0.1, 0.15) is 23.9 Å². The van der Waals surface area contributed by atoms with E-state index in [2.05, 4.69) is 0 Å². The number of allylic oxidation sites excluding steroid dienone is 1. The fourth-order valence-electron chi connectivity index (χ4n) is 5.22. The smallest absolute Gasteiger partial charge is 0.201 e. The van der Waals surface area contributed by atoms with Crippen LogP contribution in [0, 0.1) is 5.92 Å². The van der Waals surface area contributed by atoms with E-state index in [1.165, 1.54) is 7.11 Å². The molecule has 3 aliphatic carbocycles. The van der Waals surface area contributed by atoms with Crippen LogP contribution < -0.4 is 4.74 Å². The maximum atomic E-state index is 13.6. The average Bonchev–Trinajstić information content (AvgIpc) is 2.76. The zero-order valence-corrected chi connectivity index (χ0v) is 17.3. The van der Waals surface area contributed by atoms with Crippen molar-refractivity contribution in [1.29, 1.82) is 0 Å². The van der Waals surface area contributed by atoms with Crippen molar-refractivity contribution in [2.45, 2.75) is 38.5 Å². The first kappa shape index (κ1) is 19.8. The minimum Gasteiger partial charge on any atom is -0.507 e. The molecule has 1 fully saturated rings. The predicted molar refractivity (Wildman–Crippen MR) is 114 cm³/mol. The minimum absolute atomic E-state index is 0.0329. The van der Waals surface area contributed by atoms with E-state index >= 15 is 0 Å². The van der Waals surface area contributed by atoms with Crippen LogP contribution in [0.25, 0.3) is 5.57 Å². The third-order valence-corrected chi connectivity index (χ3v) is 6.99. The van der Waals surface area contributed by atoms with E-state index in [-0.39, 0.29) is 35.0 Å². The Kier molecular flexibility index (Phi) is 4.63.